The van der Waals surface area contributed by atoms with Gasteiger partial charge < -0.3 is 9.64 Å². The first kappa shape index (κ1) is 22.9. The second kappa shape index (κ2) is 8.73. The van der Waals surface area contributed by atoms with Gasteiger partial charge >= 0.3 is 0 Å². The number of carbonyl (C=O) groups excluding carboxylic acids is 2. The highest BCUT2D eigenvalue weighted by molar-refractivity contribution is 6.35. The zero-order valence-corrected chi connectivity index (χ0v) is 20.4. The van der Waals surface area contributed by atoms with E-state index in [1.54, 1.807) is 33.9 Å². The average Bonchev–Trinajstić information content (AvgIpc) is 3.33. The highest BCUT2D eigenvalue weighted by Gasteiger charge is 2.51. The predicted octanol–water partition coefficient (Wildman–Crippen LogP) is 4.61. The molecule has 0 N–H and O–H groups in total. The maximum absolute atomic E-state index is 14.0. The Morgan fingerprint density at radius 3 is 2.38 bits per heavy atom. The van der Waals surface area contributed by atoms with E-state index >= 15 is 0 Å². The highest BCUT2D eigenvalue weighted by atomic mass is 35.5. The number of benzene rings is 2. The fourth-order valence-electron chi connectivity index (χ4n) is 4.65. The summed E-state index contributed by atoms with van der Waals surface area (Å²) in [4.78, 5) is 35.3. The third-order valence-electron chi connectivity index (χ3n) is 6.39. The number of amides is 2. The summed E-state index contributed by atoms with van der Waals surface area (Å²) in [6.45, 7) is 5.83. The van der Waals surface area contributed by atoms with Crippen LogP contribution in [0.4, 0.5) is 11.6 Å². The lowest BCUT2D eigenvalue weighted by Crippen LogP contribution is -2.45. The van der Waals surface area contributed by atoms with Gasteiger partial charge in [-0.25, -0.2) is 9.88 Å². The Morgan fingerprint density at radius 2 is 1.74 bits per heavy atom. The third kappa shape index (κ3) is 3.87. The first-order chi connectivity index (χ1) is 16.3. The molecule has 0 spiro atoms. The van der Waals surface area contributed by atoms with Gasteiger partial charge in [-0.15, -0.1) is 0 Å². The zero-order chi connectivity index (χ0) is 24.0. The average molecular weight is 499 g/mol. The highest BCUT2D eigenvalue weighted by Crippen LogP contribution is 2.43. The number of aryl methyl sites for hydroxylation is 1. The molecule has 0 unspecified atom stereocenters. The van der Waals surface area contributed by atoms with Crippen molar-refractivity contribution in [1.82, 2.24) is 14.5 Å². The zero-order valence-electron chi connectivity index (χ0n) is 18.9. The van der Waals surface area contributed by atoms with E-state index in [1.165, 1.54) is 4.90 Å². The SMILES string of the molecule is Cc1ccc(C[C@]2(C)C(=O)N(c3cc(Cl)cc(Cl)c3)c3ncc(C(=O)N4CCOCC4)n32)cc1. The molecule has 0 radical (unpaired) electrons. The monoisotopic (exact) mass is 498 g/mol. The van der Waals surface area contributed by atoms with Gasteiger partial charge in [-0.3, -0.25) is 14.2 Å². The molecule has 34 heavy (non-hydrogen) atoms. The van der Waals surface area contributed by atoms with E-state index in [-0.39, 0.29) is 11.8 Å². The summed E-state index contributed by atoms with van der Waals surface area (Å²) < 4.78 is 7.17. The second-order valence-corrected chi connectivity index (χ2v) is 9.76. The van der Waals surface area contributed by atoms with Crippen molar-refractivity contribution < 1.29 is 14.3 Å². The molecular formula is C25H24Cl2N4O3. The van der Waals surface area contributed by atoms with E-state index in [4.69, 9.17) is 27.9 Å². The third-order valence-corrected chi connectivity index (χ3v) is 6.83. The molecule has 1 saturated heterocycles. The van der Waals surface area contributed by atoms with Gasteiger partial charge in [-0.1, -0.05) is 53.0 Å². The second-order valence-electron chi connectivity index (χ2n) is 8.89. The van der Waals surface area contributed by atoms with Crippen LogP contribution in [0.3, 0.4) is 0 Å². The van der Waals surface area contributed by atoms with Gasteiger partial charge in [0.25, 0.3) is 11.8 Å². The van der Waals surface area contributed by atoms with Gasteiger partial charge in [-0.2, -0.15) is 0 Å². The Labute approximate surface area is 207 Å². The molecule has 2 aromatic carbocycles. The van der Waals surface area contributed by atoms with Gasteiger partial charge in [-0.05, 0) is 37.6 Å². The molecule has 5 rings (SSSR count). The molecule has 7 nitrogen and oxygen atoms in total. The molecule has 0 saturated carbocycles. The lowest BCUT2D eigenvalue weighted by atomic mass is 9.91. The number of morpholine rings is 1. The quantitative estimate of drug-likeness (QED) is 0.526. The first-order valence-corrected chi connectivity index (χ1v) is 11.8. The maximum atomic E-state index is 14.0. The van der Waals surface area contributed by atoms with Crippen molar-refractivity contribution in [2.24, 2.45) is 0 Å². The van der Waals surface area contributed by atoms with Crippen LogP contribution in [0.15, 0.2) is 48.7 Å². The van der Waals surface area contributed by atoms with Gasteiger partial charge in [0.15, 0.2) is 0 Å². The van der Waals surface area contributed by atoms with E-state index in [9.17, 15) is 9.59 Å². The molecule has 0 bridgehead atoms. The number of halogens is 2. The fraction of sp³-hybridized carbons (Fsp3) is 0.320. The van der Waals surface area contributed by atoms with Crippen LogP contribution in [0.5, 0.6) is 0 Å². The lowest BCUT2D eigenvalue weighted by Gasteiger charge is -2.30. The van der Waals surface area contributed by atoms with Crippen LogP contribution < -0.4 is 4.90 Å². The number of nitrogens with zero attached hydrogens (tertiary/aromatic N) is 4. The molecule has 2 aliphatic rings. The van der Waals surface area contributed by atoms with Crippen molar-refractivity contribution in [2.45, 2.75) is 25.8 Å². The molecule has 3 aromatic rings. The van der Waals surface area contributed by atoms with Crippen LogP contribution in [-0.2, 0) is 21.5 Å². The van der Waals surface area contributed by atoms with Crippen LogP contribution in [0, 0.1) is 6.92 Å². The summed E-state index contributed by atoms with van der Waals surface area (Å²) >= 11 is 12.5. The van der Waals surface area contributed by atoms with Crippen molar-refractivity contribution in [1.29, 1.82) is 0 Å². The van der Waals surface area contributed by atoms with E-state index in [1.807, 2.05) is 38.1 Å². The molecule has 9 heteroatoms. The predicted molar refractivity (Wildman–Crippen MR) is 131 cm³/mol. The molecule has 0 aliphatic carbocycles. The summed E-state index contributed by atoms with van der Waals surface area (Å²) in [5, 5.41) is 0.815. The molecule has 3 heterocycles. The van der Waals surface area contributed by atoms with Crippen LogP contribution in [0.25, 0.3) is 0 Å². The van der Waals surface area contributed by atoms with Crippen LogP contribution in [0.1, 0.15) is 28.5 Å². The Hall–Kier alpha value is -2.87. The number of fused-ring (bicyclic) bond motifs is 1. The van der Waals surface area contributed by atoms with Crippen LogP contribution in [0.2, 0.25) is 10.0 Å². The summed E-state index contributed by atoms with van der Waals surface area (Å²) in [5.41, 5.74) is 1.92. The van der Waals surface area contributed by atoms with Gasteiger partial charge in [0.1, 0.15) is 11.2 Å². The standard InChI is InChI=1S/C25H24Cl2N4O3/c1-16-3-5-17(6-4-16)14-25(2)23(33)30(20-12-18(26)11-19(27)13-20)24-28-15-21(31(24)25)22(32)29-7-9-34-10-8-29/h3-6,11-13,15H,7-10,14H2,1-2H3/t25-/m1/s1. The topological polar surface area (TPSA) is 67.7 Å². The molecule has 2 aliphatic heterocycles. The Morgan fingerprint density at radius 1 is 1.09 bits per heavy atom. The molecule has 176 valence electrons. The number of imidazole rings is 1. The number of ether oxygens (including phenoxy) is 1. The van der Waals surface area contributed by atoms with E-state index in [0.29, 0.717) is 60.1 Å². The van der Waals surface area contributed by atoms with E-state index < -0.39 is 5.54 Å². The minimum atomic E-state index is -1.08. The normalized spacial score (nSPS) is 20.1. The molecule has 2 amide bonds. The molecule has 1 fully saturated rings. The minimum Gasteiger partial charge on any atom is -0.378 e. The van der Waals surface area contributed by atoms with Crippen molar-refractivity contribution >= 4 is 46.7 Å². The van der Waals surface area contributed by atoms with Gasteiger partial charge in [0.2, 0.25) is 5.95 Å². The summed E-state index contributed by atoms with van der Waals surface area (Å²) in [5.74, 6) is -0.00366. The van der Waals surface area contributed by atoms with E-state index in [2.05, 4.69) is 4.98 Å². The van der Waals surface area contributed by atoms with E-state index in [0.717, 1.165) is 11.1 Å². The van der Waals surface area contributed by atoms with Crippen molar-refractivity contribution in [3.63, 3.8) is 0 Å². The number of rotatable bonds is 4. The minimum absolute atomic E-state index is 0.170. The number of anilines is 2. The van der Waals surface area contributed by atoms with Crippen LogP contribution in [-0.4, -0.2) is 52.6 Å². The van der Waals surface area contributed by atoms with Crippen molar-refractivity contribution in [3.05, 3.63) is 75.5 Å². The number of carbonyl (C=O) groups is 2. The molecule has 1 atom stereocenters. The smallest absolute Gasteiger partial charge is 0.272 e. The van der Waals surface area contributed by atoms with Gasteiger partial charge in [0, 0.05) is 29.6 Å². The largest absolute Gasteiger partial charge is 0.378 e. The first-order valence-electron chi connectivity index (χ1n) is 11.1. The number of aromatic nitrogens is 2. The Kier molecular flexibility index (Phi) is 5.88. The summed E-state index contributed by atoms with van der Waals surface area (Å²) in [6, 6.07) is 13.0. The van der Waals surface area contributed by atoms with Crippen molar-refractivity contribution in [3.8, 4) is 0 Å². The van der Waals surface area contributed by atoms with Crippen molar-refractivity contribution in [2.75, 3.05) is 31.2 Å². The Balaban J connectivity index is 1.64. The lowest BCUT2D eigenvalue weighted by molar-refractivity contribution is -0.123. The molecule has 1 aromatic heterocycles. The Bertz CT molecular complexity index is 1250. The van der Waals surface area contributed by atoms with Gasteiger partial charge in [0.05, 0.1) is 25.1 Å². The number of hydrogen-bond acceptors (Lipinski definition) is 4. The molecular weight excluding hydrogens is 475 g/mol. The summed E-state index contributed by atoms with van der Waals surface area (Å²) in [7, 11) is 0. The maximum Gasteiger partial charge on any atom is 0.272 e. The van der Waals surface area contributed by atoms with Crippen LogP contribution >= 0.6 is 23.2 Å². The fourth-order valence-corrected chi connectivity index (χ4v) is 5.17. The summed E-state index contributed by atoms with van der Waals surface area (Å²) in [6.07, 6.45) is 1.94. The number of hydrogen-bond donors (Lipinski definition) is 0.